The topological polar surface area (TPSA) is 52.8 Å². The number of rotatable bonds is 8. The molecule has 3 rings (SSSR count). The van der Waals surface area contributed by atoms with Crippen molar-refractivity contribution in [1.82, 2.24) is 4.57 Å². The molecule has 0 bridgehead atoms. The van der Waals surface area contributed by atoms with Crippen LogP contribution in [-0.2, 0) is 6.54 Å². The predicted molar refractivity (Wildman–Crippen MR) is 124 cm³/mol. The zero-order valence-corrected chi connectivity index (χ0v) is 19.4. The molecule has 1 aromatic heterocycles. The number of carbonyl (C=O) groups is 1. The molecule has 154 valence electrons. The number of aromatic nitrogens is 1. The van der Waals surface area contributed by atoms with Crippen LogP contribution in [0.25, 0.3) is 10.2 Å². The Balaban J connectivity index is 2.11. The molecule has 0 aliphatic heterocycles. The van der Waals surface area contributed by atoms with Gasteiger partial charge >= 0.3 is 0 Å². The molecule has 0 aliphatic rings. The fraction of sp³-hybridized carbons (Fsp3) is 0.333. The van der Waals surface area contributed by atoms with Gasteiger partial charge in [0.15, 0.2) is 16.3 Å². The third-order valence-electron chi connectivity index (χ3n) is 4.30. The zero-order chi connectivity index (χ0) is 20.8. The highest BCUT2D eigenvalue weighted by Gasteiger charge is 2.14. The Morgan fingerprint density at radius 3 is 2.62 bits per heavy atom. The Labute approximate surface area is 183 Å². The lowest BCUT2D eigenvalue weighted by molar-refractivity contribution is 0.0997. The molecule has 0 aliphatic carbocycles. The van der Waals surface area contributed by atoms with Crippen molar-refractivity contribution in [2.75, 3.05) is 32.0 Å². The van der Waals surface area contributed by atoms with Gasteiger partial charge in [-0.1, -0.05) is 24.3 Å². The van der Waals surface area contributed by atoms with E-state index in [1.54, 1.807) is 37.7 Å². The van der Waals surface area contributed by atoms with E-state index in [1.165, 1.54) is 11.3 Å². The van der Waals surface area contributed by atoms with Crippen LogP contribution in [0.4, 0.5) is 0 Å². The summed E-state index contributed by atoms with van der Waals surface area (Å²) < 4.78 is 14.0. The Hall–Kier alpha value is -1.90. The van der Waals surface area contributed by atoms with E-state index in [-0.39, 0.29) is 5.91 Å². The highest BCUT2D eigenvalue weighted by Crippen LogP contribution is 2.33. The first-order valence-electron chi connectivity index (χ1n) is 9.17. The van der Waals surface area contributed by atoms with Crippen LogP contribution in [0.5, 0.6) is 11.5 Å². The van der Waals surface area contributed by atoms with Crippen molar-refractivity contribution >= 4 is 51.0 Å². The molecule has 5 nitrogen and oxygen atoms in total. The molecule has 0 fully saturated rings. The third kappa shape index (κ3) is 4.99. The summed E-state index contributed by atoms with van der Waals surface area (Å²) in [5, 5.41) is 0. The maximum Gasteiger partial charge on any atom is 0.279 e. The molecule has 0 unspecified atom stereocenters. The van der Waals surface area contributed by atoms with Crippen molar-refractivity contribution < 1.29 is 14.3 Å². The first kappa shape index (κ1) is 21.8. The number of fused-ring (bicyclic) bond motifs is 1. The van der Waals surface area contributed by atoms with Gasteiger partial charge in [-0.15, -0.1) is 11.8 Å². The van der Waals surface area contributed by atoms with Crippen LogP contribution >= 0.6 is 34.9 Å². The third-order valence-corrected chi connectivity index (χ3v) is 6.80. The molecule has 29 heavy (non-hydrogen) atoms. The summed E-state index contributed by atoms with van der Waals surface area (Å²) in [4.78, 5) is 19.1. The number of amides is 1. The van der Waals surface area contributed by atoms with Crippen LogP contribution in [0, 0.1) is 0 Å². The van der Waals surface area contributed by atoms with E-state index in [0.717, 1.165) is 33.2 Å². The quantitative estimate of drug-likeness (QED) is 0.457. The highest BCUT2D eigenvalue weighted by atomic mass is 32.2. The average Bonchev–Trinajstić information content (AvgIpc) is 3.07. The summed E-state index contributed by atoms with van der Waals surface area (Å²) in [6.45, 7) is 2.85. The van der Waals surface area contributed by atoms with Crippen molar-refractivity contribution in [2.45, 2.75) is 18.4 Å². The minimum atomic E-state index is -0.230. The van der Waals surface area contributed by atoms with Gasteiger partial charge in [-0.3, -0.25) is 4.79 Å². The Bertz CT molecular complexity index is 1070. The monoisotopic (exact) mass is 448 g/mol. The molecule has 0 spiro atoms. The highest BCUT2D eigenvalue weighted by molar-refractivity contribution is 7.99. The Morgan fingerprint density at radius 1 is 1.17 bits per heavy atom. The molecular formula is C21H24N2O3S3. The maximum atomic E-state index is 12.9. The number of nitrogens with zero attached hydrogens (tertiary/aromatic N) is 2. The molecule has 0 atom stereocenters. The van der Waals surface area contributed by atoms with Crippen molar-refractivity contribution in [3.63, 3.8) is 0 Å². The number of ether oxygens (including phenoxy) is 2. The minimum absolute atomic E-state index is 0.230. The van der Waals surface area contributed by atoms with Gasteiger partial charge in [-0.05, 0) is 30.2 Å². The van der Waals surface area contributed by atoms with Gasteiger partial charge in [0.1, 0.15) is 0 Å². The van der Waals surface area contributed by atoms with E-state index < -0.39 is 0 Å². The molecule has 1 heterocycles. The number of carbonyl (C=O) groups excluding carboxylic acids is 1. The summed E-state index contributed by atoms with van der Waals surface area (Å²) in [6.07, 6.45) is 2.07. The van der Waals surface area contributed by atoms with Gasteiger partial charge in [0, 0.05) is 34.9 Å². The number of aryl methyl sites for hydroxylation is 1. The van der Waals surface area contributed by atoms with E-state index in [4.69, 9.17) is 9.47 Å². The van der Waals surface area contributed by atoms with Crippen molar-refractivity contribution in [3.05, 3.63) is 46.8 Å². The first-order valence-corrected chi connectivity index (χ1v) is 12.4. The predicted octanol–water partition coefficient (Wildman–Crippen LogP) is 4.94. The summed E-state index contributed by atoms with van der Waals surface area (Å²) in [5.41, 5.74) is 1.59. The van der Waals surface area contributed by atoms with Gasteiger partial charge in [0.2, 0.25) is 0 Å². The van der Waals surface area contributed by atoms with Crippen LogP contribution in [0.15, 0.2) is 46.3 Å². The molecule has 0 radical (unpaired) electrons. The normalized spacial score (nSPS) is 11.8. The molecule has 8 heteroatoms. The van der Waals surface area contributed by atoms with Crippen molar-refractivity contribution in [2.24, 2.45) is 4.99 Å². The summed E-state index contributed by atoms with van der Waals surface area (Å²) in [7, 11) is 3.24. The van der Waals surface area contributed by atoms with Crippen molar-refractivity contribution in [3.8, 4) is 11.5 Å². The van der Waals surface area contributed by atoms with E-state index in [0.29, 0.717) is 21.9 Å². The van der Waals surface area contributed by atoms with Crippen LogP contribution in [0.2, 0.25) is 0 Å². The second kappa shape index (κ2) is 10.2. The van der Waals surface area contributed by atoms with Gasteiger partial charge in [0.25, 0.3) is 5.91 Å². The lowest BCUT2D eigenvalue weighted by Gasteiger charge is -2.09. The van der Waals surface area contributed by atoms with Gasteiger partial charge in [-0.25, -0.2) is 0 Å². The number of thioether (sulfide) groups is 2. The maximum absolute atomic E-state index is 12.9. The number of hydrogen-bond donors (Lipinski definition) is 0. The minimum Gasteiger partial charge on any atom is -0.493 e. The van der Waals surface area contributed by atoms with E-state index in [9.17, 15) is 4.79 Å². The number of hydrogen-bond acceptors (Lipinski definition) is 6. The lowest BCUT2D eigenvalue weighted by Crippen LogP contribution is -2.18. The van der Waals surface area contributed by atoms with Crippen LogP contribution in [0.1, 0.15) is 17.3 Å². The number of thiazole rings is 1. The van der Waals surface area contributed by atoms with E-state index in [2.05, 4.69) is 22.7 Å². The smallest absolute Gasteiger partial charge is 0.279 e. The molecule has 3 aromatic rings. The first-order chi connectivity index (χ1) is 14.1. The van der Waals surface area contributed by atoms with Gasteiger partial charge in [0.05, 0.1) is 24.4 Å². The largest absolute Gasteiger partial charge is 0.493 e. The van der Waals surface area contributed by atoms with E-state index >= 15 is 0 Å². The Kier molecular flexibility index (Phi) is 7.69. The second-order valence-electron chi connectivity index (χ2n) is 6.08. The van der Waals surface area contributed by atoms with Gasteiger partial charge < -0.3 is 14.0 Å². The molecule has 0 N–H and O–H groups in total. The fourth-order valence-electron chi connectivity index (χ4n) is 2.92. The fourth-order valence-corrected chi connectivity index (χ4v) is 5.07. The summed E-state index contributed by atoms with van der Waals surface area (Å²) in [6, 6.07) is 11.5. The lowest BCUT2D eigenvalue weighted by atomic mass is 10.2. The summed E-state index contributed by atoms with van der Waals surface area (Å²) in [5.74, 6) is 2.98. The number of methoxy groups -OCH3 is 2. The van der Waals surface area contributed by atoms with Crippen molar-refractivity contribution in [1.29, 1.82) is 0 Å². The molecule has 0 saturated heterocycles. The number of benzene rings is 2. The SMILES string of the molecule is CCSc1cccc(C(=O)N=c2sc3cc(OC)c(OC)cc3n2CCSC)c1. The van der Waals surface area contributed by atoms with Crippen LogP contribution < -0.4 is 14.3 Å². The average molecular weight is 449 g/mol. The second-order valence-corrected chi connectivity index (χ2v) is 9.41. The van der Waals surface area contributed by atoms with Crippen LogP contribution in [-0.4, -0.2) is 42.5 Å². The molecule has 2 aromatic carbocycles. The zero-order valence-electron chi connectivity index (χ0n) is 16.9. The Morgan fingerprint density at radius 2 is 1.93 bits per heavy atom. The molecular weight excluding hydrogens is 424 g/mol. The standard InChI is InChI=1S/C21H24N2O3S3/c1-5-28-15-8-6-7-14(11-15)20(24)22-21-23(9-10-27-4)16-12-17(25-2)18(26-3)13-19(16)29-21/h6-8,11-13H,5,9-10H2,1-4H3. The van der Waals surface area contributed by atoms with Crippen LogP contribution in [0.3, 0.4) is 0 Å². The summed E-state index contributed by atoms with van der Waals surface area (Å²) >= 11 is 4.95. The molecule has 1 amide bonds. The van der Waals surface area contributed by atoms with E-state index in [1.807, 2.05) is 36.4 Å². The van der Waals surface area contributed by atoms with Gasteiger partial charge in [-0.2, -0.15) is 16.8 Å². The molecule has 0 saturated carbocycles.